The number of allylic oxidation sites excluding steroid dienone is 1. The molecule has 64 valence electrons. The molecule has 0 unspecified atom stereocenters. The van der Waals surface area contributed by atoms with Crippen LogP contribution in [0.1, 0.15) is 12.7 Å². The van der Waals surface area contributed by atoms with Crippen LogP contribution in [0, 0.1) is 0 Å². The summed E-state index contributed by atoms with van der Waals surface area (Å²) in [4.78, 5) is 11.2. The second-order valence-corrected chi connectivity index (χ2v) is 3.45. The van der Waals surface area contributed by atoms with Crippen LogP contribution >= 0.6 is 11.8 Å². The van der Waals surface area contributed by atoms with Crippen LogP contribution in [0.2, 0.25) is 0 Å². The smallest absolute Gasteiger partial charge is 0.156 e. The molecule has 3 heteroatoms. The molecule has 1 aromatic heterocycles. The Morgan fingerprint density at radius 2 is 2.58 bits per heavy atom. The summed E-state index contributed by atoms with van der Waals surface area (Å²) in [6.45, 7) is 2.00. The van der Waals surface area contributed by atoms with Gasteiger partial charge in [0.25, 0.3) is 0 Å². The number of carbonyl (C=O) groups is 1. The van der Waals surface area contributed by atoms with Crippen molar-refractivity contribution in [3.63, 3.8) is 0 Å². The SMILES string of the molecule is CCS/C(C=O)=C\c1ccco1. The summed E-state index contributed by atoms with van der Waals surface area (Å²) in [5.41, 5.74) is 0. The largest absolute Gasteiger partial charge is 0.465 e. The normalized spacial score (nSPS) is 11.6. The van der Waals surface area contributed by atoms with Gasteiger partial charge in [0.2, 0.25) is 0 Å². The molecule has 0 amide bonds. The monoisotopic (exact) mass is 182 g/mol. The fourth-order valence-corrected chi connectivity index (χ4v) is 1.39. The maximum absolute atomic E-state index is 10.5. The van der Waals surface area contributed by atoms with Crippen molar-refractivity contribution in [1.82, 2.24) is 0 Å². The first-order chi connectivity index (χ1) is 5.86. The van der Waals surface area contributed by atoms with Crippen molar-refractivity contribution in [2.75, 3.05) is 5.75 Å². The van der Waals surface area contributed by atoms with E-state index >= 15 is 0 Å². The van der Waals surface area contributed by atoms with Gasteiger partial charge in [0.1, 0.15) is 5.76 Å². The van der Waals surface area contributed by atoms with E-state index in [-0.39, 0.29) is 0 Å². The lowest BCUT2D eigenvalue weighted by Gasteiger charge is -1.93. The van der Waals surface area contributed by atoms with Crippen molar-refractivity contribution in [2.45, 2.75) is 6.92 Å². The third-order valence-electron chi connectivity index (χ3n) is 1.25. The number of thioether (sulfide) groups is 1. The predicted octanol–water partition coefficient (Wildman–Crippen LogP) is 2.57. The lowest BCUT2D eigenvalue weighted by atomic mass is 10.4. The molecule has 0 bridgehead atoms. The number of rotatable bonds is 4. The van der Waals surface area contributed by atoms with Crippen molar-refractivity contribution >= 4 is 24.1 Å². The van der Waals surface area contributed by atoms with Gasteiger partial charge in [-0.25, -0.2) is 0 Å². The van der Waals surface area contributed by atoms with E-state index in [1.54, 1.807) is 18.4 Å². The highest BCUT2D eigenvalue weighted by atomic mass is 32.2. The highest BCUT2D eigenvalue weighted by molar-refractivity contribution is 8.04. The topological polar surface area (TPSA) is 30.2 Å². The van der Waals surface area contributed by atoms with Gasteiger partial charge in [0, 0.05) is 0 Å². The van der Waals surface area contributed by atoms with Gasteiger partial charge in [0.05, 0.1) is 11.2 Å². The van der Waals surface area contributed by atoms with E-state index in [1.807, 2.05) is 13.0 Å². The summed E-state index contributed by atoms with van der Waals surface area (Å²) >= 11 is 1.51. The number of furan rings is 1. The van der Waals surface area contributed by atoms with Crippen LogP contribution in [-0.4, -0.2) is 12.0 Å². The van der Waals surface area contributed by atoms with Crippen molar-refractivity contribution in [2.24, 2.45) is 0 Å². The molecule has 0 aliphatic rings. The molecule has 1 aromatic rings. The molecule has 12 heavy (non-hydrogen) atoms. The molecule has 0 saturated carbocycles. The Hall–Kier alpha value is -0.960. The molecular formula is C9H10O2S. The summed E-state index contributed by atoms with van der Waals surface area (Å²) in [7, 11) is 0. The Bertz CT molecular complexity index is 262. The lowest BCUT2D eigenvalue weighted by Crippen LogP contribution is -1.78. The summed E-state index contributed by atoms with van der Waals surface area (Å²) < 4.78 is 5.06. The van der Waals surface area contributed by atoms with Crippen LogP contribution in [0.5, 0.6) is 0 Å². The van der Waals surface area contributed by atoms with E-state index in [0.29, 0.717) is 4.91 Å². The average molecular weight is 182 g/mol. The van der Waals surface area contributed by atoms with Gasteiger partial charge in [-0.1, -0.05) is 6.92 Å². The van der Waals surface area contributed by atoms with Crippen molar-refractivity contribution in [3.8, 4) is 0 Å². The molecule has 0 radical (unpaired) electrons. The number of hydrogen-bond donors (Lipinski definition) is 0. The summed E-state index contributed by atoms with van der Waals surface area (Å²) in [6.07, 6.45) is 4.17. The highest BCUT2D eigenvalue weighted by Crippen LogP contribution is 2.16. The highest BCUT2D eigenvalue weighted by Gasteiger charge is 1.96. The molecule has 0 aliphatic heterocycles. The van der Waals surface area contributed by atoms with Gasteiger partial charge in [0.15, 0.2) is 6.29 Å². The maximum atomic E-state index is 10.5. The lowest BCUT2D eigenvalue weighted by molar-refractivity contribution is -0.104. The first kappa shape index (κ1) is 9.13. The fraction of sp³-hybridized carbons (Fsp3) is 0.222. The van der Waals surface area contributed by atoms with Crippen LogP contribution in [0.3, 0.4) is 0 Å². The van der Waals surface area contributed by atoms with Crippen molar-refractivity contribution in [3.05, 3.63) is 29.1 Å². The maximum Gasteiger partial charge on any atom is 0.156 e. The van der Waals surface area contributed by atoms with E-state index in [4.69, 9.17) is 4.42 Å². The Labute approximate surface area is 75.6 Å². The van der Waals surface area contributed by atoms with Gasteiger partial charge in [-0.05, 0) is 24.0 Å². The third-order valence-corrected chi connectivity index (χ3v) is 2.09. The Morgan fingerprint density at radius 1 is 1.75 bits per heavy atom. The molecule has 0 N–H and O–H groups in total. The first-order valence-electron chi connectivity index (χ1n) is 3.70. The van der Waals surface area contributed by atoms with Crippen LogP contribution in [0.15, 0.2) is 27.7 Å². The van der Waals surface area contributed by atoms with E-state index in [0.717, 1.165) is 17.8 Å². The second-order valence-electron chi connectivity index (χ2n) is 2.11. The Kier molecular flexibility index (Phi) is 3.67. The fourth-order valence-electron chi connectivity index (χ4n) is 0.790. The molecule has 0 aliphatic carbocycles. The Balaban J connectivity index is 2.71. The predicted molar refractivity (Wildman–Crippen MR) is 50.9 cm³/mol. The minimum atomic E-state index is 0.701. The van der Waals surface area contributed by atoms with Crippen LogP contribution in [0.25, 0.3) is 6.08 Å². The van der Waals surface area contributed by atoms with Crippen molar-refractivity contribution in [1.29, 1.82) is 0 Å². The van der Waals surface area contributed by atoms with E-state index in [9.17, 15) is 4.79 Å². The van der Waals surface area contributed by atoms with Gasteiger partial charge in [-0.2, -0.15) is 0 Å². The zero-order valence-electron chi connectivity index (χ0n) is 6.82. The van der Waals surface area contributed by atoms with Gasteiger partial charge in [-0.15, -0.1) is 11.8 Å². The summed E-state index contributed by atoms with van der Waals surface area (Å²) in [5.74, 6) is 1.61. The third kappa shape index (κ3) is 2.58. The van der Waals surface area contributed by atoms with Crippen LogP contribution in [0.4, 0.5) is 0 Å². The van der Waals surface area contributed by atoms with Gasteiger partial charge in [-0.3, -0.25) is 4.79 Å². The molecule has 0 saturated heterocycles. The molecule has 2 nitrogen and oxygen atoms in total. The molecular weight excluding hydrogens is 172 g/mol. The minimum absolute atomic E-state index is 0.701. The molecule has 0 spiro atoms. The zero-order valence-corrected chi connectivity index (χ0v) is 7.64. The number of hydrogen-bond acceptors (Lipinski definition) is 3. The summed E-state index contributed by atoms with van der Waals surface area (Å²) in [5, 5.41) is 0. The first-order valence-corrected chi connectivity index (χ1v) is 4.68. The van der Waals surface area contributed by atoms with Gasteiger partial charge < -0.3 is 4.42 Å². The van der Waals surface area contributed by atoms with Crippen LogP contribution < -0.4 is 0 Å². The molecule has 0 aromatic carbocycles. The van der Waals surface area contributed by atoms with E-state index in [1.165, 1.54) is 11.8 Å². The number of carbonyl (C=O) groups excluding carboxylic acids is 1. The Morgan fingerprint density at radius 3 is 3.08 bits per heavy atom. The van der Waals surface area contributed by atoms with Gasteiger partial charge >= 0.3 is 0 Å². The zero-order chi connectivity index (χ0) is 8.81. The standard InChI is InChI=1S/C9H10O2S/c1-2-12-9(7-10)6-8-4-3-5-11-8/h3-7H,2H2,1H3/b9-6-. The van der Waals surface area contributed by atoms with E-state index in [2.05, 4.69) is 0 Å². The molecule has 1 heterocycles. The molecule has 0 atom stereocenters. The number of aldehydes is 1. The summed E-state index contributed by atoms with van der Waals surface area (Å²) in [6, 6.07) is 3.62. The quantitative estimate of drug-likeness (QED) is 0.529. The van der Waals surface area contributed by atoms with E-state index < -0.39 is 0 Å². The second kappa shape index (κ2) is 4.83. The average Bonchev–Trinajstić information content (AvgIpc) is 2.56. The minimum Gasteiger partial charge on any atom is -0.465 e. The van der Waals surface area contributed by atoms with Crippen LogP contribution in [-0.2, 0) is 4.79 Å². The molecule has 0 fully saturated rings. The van der Waals surface area contributed by atoms with Crippen molar-refractivity contribution < 1.29 is 9.21 Å². The molecule has 1 rings (SSSR count).